The smallest absolute Gasteiger partial charge is 0.270 e. The normalized spacial score (nSPS) is 15.8. The van der Waals surface area contributed by atoms with Crippen LogP contribution < -0.4 is 10.2 Å². The van der Waals surface area contributed by atoms with E-state index in [-0.39, 0.29) is 5.91 Å². The fourth-order valence-electron chi connectivity index (χ4n) is 1.59. The maximum Gasteiger partial charge on any atom is 0.270 e. The summed E-state index contributed by atoms with van der Waals surface area (Å²) in [5, 5.41) is 5.53. The first-order valence-corrected chi connectivity index (χ1v) is 6.64. The summed E-state index contributed by atoms with van der Waals surface area (Å²) in [7, 11) is 1.72. The lowest BCUT2D eigenvalue weighted by Gasteiger charge is -2.37. The Morgan fingerprint density at radius 1 is 1.71 bits per heavy atom. The first kappa shape index (κ1) is 12.3. The Hall–Kier alpha value is -1.14. The van der Waals surface area contributed by atoms with E-state index in [1.54, 1.807) is 12.5 Å². The second-order valence-electron chi connectivity index (χ2n) is 4.03. The van der Waals surface area contributed by atoms with Gasteiger partial charge in [-0.1, -0.05) is 6.92 Å². The maximum absolute atomic E-state index is 11.7. The molecule has 0 saturated carbocycles. The van der Waals surface area contributed by atoms with Crippen LogP contribution in [0.1, 0.15) is 23.8 Å². The van der Waals surface area contributed by atoms with E-state index >= 15 is 0 Å². The predicted molar refractivity (Wildman–Crippen MR) is 67.7 cm³/mol. The molecule has 0 spiro atoms. The molecule has 1 amide bonds. The molecule has 1 N–H and O–H groups in total. The van der Waals surface area contributed by atoms with Crippen LogP contribution in [0.2, 0.25) is 0 Å². The van der Waals surface area contributed by atoms with Crippen molar-refractivity contribution >= 4 is 22.4 Å². The van der Waals surface area contributed by atoms with E-state index in [4.69, 9.17) is 4.74 Å². The zero-order chi connectivity index (χ0) is 12.3. The number of methoxy groups -OCH3 is 1. The molecule has 2 rings (SSSR count). The van der Waals surface area contributed by atoms with Crippen molar-refractivity contribution in [1.29, 1.82) is 0 Å². The van der Waals surface area contributed by atoms with E-state index < -0.39 is 0 Å². The first-order chi connectivity index (χ1) is 8.24. The van der Waals surface area contributed by atoms with Crippen LogP contribution in [-0.4, -0.2) is 43.7 Å². The number of ether oxygens (including phenoxy) is 1. The molecule has 1 fully saturated rings. The monoisotopic (exact) mass is 255 g/mol. The average molecular weight is 255 g/mol. The fourth-order valence-corrected chi connectivity index (χ4v) is 2.41. The predicted octanol–water partition coefficient (Wildman–Crippen LogP) is 1.12. The third-order valence-electron chi connectivity index (χ3n) is 2.71. The molecule has 17 heavy (non-hydrogen) atoms. The number of nitrogens with zero attached hydrogens (tertiary/aromatic N) is 2. The number of rotatable bonds is 5. The van der Waals surface area contributed by atoms with Gasteiger partial charge in [0.15, 0.2) is 5.13 Å². The Labute approximate surface area is 105 Å². The van der Waals surface area contributed by atoms with E-state index in [9.17, 15) is 4.79 Å². The van der Waals surface area contributed by atoms with Gasteiger partial charge < -0.3 is 15.0 Å². The van der Waals surface area contributed by atoms with Crippen LogP contribution in [0.5, 0.6) is 0 Å². The lowest BCUT2D eigenvalue weighted by Crippen LogP contribution is -2.51. The summed E-state index contributed by atoms with van der Waals surface area (Å²) in [5.74, 6) is -0.0850. The zero-order valence-corrected chi connectivity index (χ0v) is 10.9. The number of nitrogens with one attached hydrogen (secondary N) is 1. The summed E-state index contributed by atoms with van der Waals surface area (Å²) < 4.78 is 5.20. The zero-order valence-electron chi connectivity index (χ0n) is 10.1. The highest BCUT2D eigenvalue weighted by Crippen LogP contribution is 2.25. The third kappa shape index (κ3) is 2.76. The largest absolute Gasteiger partial charge is 0.378 e. The van der Waals surface area contributed by atoms with Crippen molar-refractivity contribution < 1.29 is 9.53 Å². The summed E-state index contributed by atoms with van der Waals surface area (Å²) >= 11 is 1.51. The van der Waals surface area contributed by atoms with Crippen LogP contribution in [0, 0.1) is 0 Å². The molecule has 2 heterocycles. The van der Waals surface area contributed by atoms with Gasteiger partial charge in [0.1, 0.15) is 5.69 Å². The fraction of sp³-hybridized carbons (Fsp3) is 0.636. The molecular formula is C11H17N3O2S. The van der Waals surface area contributed by atoms with E-state index in [2.05, 4.69) is 15.2 Å². The first-order valence-electron chi connectivity index (χ1n) is 5.76. The van der Waals surface area contributed by atoms with Crippen molar-refractivity contribution in [2.24, 2.45) is 0 Å². The molecule has 1 aliphatic rings. The maximum atomic E-state index is 11.7. The summed E-state index contributed by atoms with van der Waals surface area (Å²) in [6, 6.07) is 0. The standard InChI is InChI=1S/C11H17N3O2S/c1-3-4-12-10(15)9-7-17-11(13-9)14-5-8(6-14)16-2/h7-8H,3-6H2,1-2H3,(H,12,15). The Bertz CT molecular complexity index is 388. The number of thiazole rings is 1. The molecule has 1 aromatic heterocycles. The van der Waals surface area contributed by atoms with Gasteiger partial charge in [0.25, 0.3) is 5.91 Å². The topological polar surface area (TPSA) is 54.5 Å². The number of carbonyl (C=O) groups is 1. The molecule has 5 nitrogen and oxygen atoms in total. The quantitative estimate of drug-likeness (QED) is 0.856. The molecule has 0 radical (unpaired) electrons. The van der Waals surface area contributed by atoms with Gasteiger partial charge in [-0.15, -0.1) is 11.3 Å². The van der Waals surface area contributed by atoms with Crippen molar-refractivity contribution in [2.75, 3.05) is 31.6 Å². The summed E-state index contributed by atoms with van der Waals surface area (Å²) in [6.07, 6.45) is 1.24. The van der Waals surface area contributed by atoms with Gasteiger partial charge in [0.05, 0.1) is 6.10 Å². The lowest BCUT2D eigenvalue weighted by atomic mass is 10.2. The minimum absolute atomic E-state index is 0.0850. The summed E-state index contributed by atoms with van der Waals surface area (Å²) in [6.45, 7) is 4.44. The van der Waals surface area contributed by atoms with E-state index in [0.717, 1.165) is 24.6 Å². The molecule has 0 atom stereocenters. The molecule has 94 valence electrons. The molecule has 1 saturated heterocycles. The van der Waals surface area contributed by atoms with Crippen molar-refractivity contribution in [3.8, 4) is 0 Å². The molecule has 0 aromatic carbocycles. The van der Waals surface area contributed by atoms with Crippen molar-refractivity contribution in [3.05, 3.63) is 11.1 Å². The number of anilines is 1. The molecule has 1 aliphatic heterocycles. The number of hydrogen-bond acceptors (Lipinski definition) is 5. The lowest BCUT2D eigenvalue weighted by molar-refractivity contribution is 0.0787. The van der Waals surface area contributed by atoms with Gasteiger partial charge >= 0.3 is 0 Å². The number of amides is 1. The van der Waals surface area contributed by atoms with Crippen LogP contribution in [0.4, 0.5) is 5.13 Å². The third-order valence-corrected chi connectivity index (χ3v) is 3.61. The number of aromatic nitrogens is 1. The summed E-state index contributed by atoms with van der Waals surface area (Å²) in [4.78, 5) is 18.1. The Balaban J connectivity index is 1.90. The average Bonchev–Trinajstić information content (AvgIpc) is 2.74. The van der Waals surface area contributed by atoms with Gasteiger partial charge in [0, 0.05) is 32.1 Å². The minimum atomic E-state index is -0.0850. The van der Waals surface area contributed by atoms with Gasteiger partial charge in [0.2, 0.25) is 0 Å². The van der Waals surface area contributed by atoms with E-state index in [0.29, 0.717) is 18.3 Å². The highest BCUT2D eigenvalue weighted by atomic mass is 32.1. The summed E-state index contributed by atoms with van der Waals surface area (Å²) in [5.41, 5.74) is 0.513. The number of hydrogen-bond donors (Lipinski definition) is 1. The molecule has 0 unspecified atom stereocenters. The molecule has 0 aliphatic carbocycles. The van der Waals surface area contributed by atoms with Crippen LogP contribution in [0.25, 0.3) is 0 Å². The van der Waals surface area contributed by atoms with Gasteiger partial charge in [-0.2, -0.15) is 0 Å². The Morgan fingerprint density at radius 2 is 2.47 bits per heavy atom. The Kier molecular flexibility index (Phi) is 3.96. The second-order valence-corrected chi connectivity index (χ2v) is 4.87. The van der Waals surface area contributed by atoms with Crippen LogP contribution in [0.3, 0.4) is 0 Å². The van der Waals surface area contributed by atoms with E-state index in [1.165, 1.54) is 11.3 Å². The van der Waals surface area contributed by atoms with Crippen LogP contribution in [0.15, 0.2) is 5.38 Å². The molecular weight excluding hydrogens is 238 g/mol. The van der Waals surface area contributed by atoms with Crippen molar-refractivity contribution in [1.82, 2.24) is 10.3 Å². The SMILES string of the molecule is CCCNC(=O)c1csc(N2CC(OC)C2)n1. The van der Waals surface area contributed by atoms with Crippen molar-refractivity contribution in [3.63, 3.8) is 0 Å². The van der Waals surface area contributed by atoms with Crippen LogP contribution >= 0.6 is 11.3 Å². The second kappa shape index (κ2) is 5.46. The van der Waals surface area contributed by atoms with Gasteiger partial charge in [-0.05, 0) is 6.42 Å². The van der Waals surface area contributed by atoms with Gasteiger partial charge in [-0.3, -0.25) is 4.79 Å². The Morgan fingerprint density at radius 3 is 3.12 bits per heavy atom. The highest BCUT2D eigenvalue weighted by Gasteiger charge is 2.28. The molecule has 1 aromatic rings. The van der Waals surface area contributed by atoms with E-state index in [1.807, 2.05) is 6.92 Å². The van der Waals surface area contributed by atoms with Crippen LogP contribution in [-0.2, 0) is 4.74 Å². The number of carbonyl (C=O) groups excluding carboxylic acids is 1. The molecule has 0 bridgehead atoms. The molecule has 6 heteroatoms. The minimum Gasteiger partial charge on any atom is -0.378 e. The highest BCUT2D eigenvalue weighted by molar-refractivity contribution is 7.14. The van der Waals surface area contributed by atoms with Gasteiger partial charge in [-0.25, -0.2) is 4.98 Å². The van der Waals surface area contributed by atoms with Crippen molar-refractivity contribution in [2.45, 2.75) is 19.4 Å².